The van der Waals surface area contributed by atoms with E-state index in [1.54, 1.807) is 0 Å². The van der Waals surface area contributed by atoms with Crippen molar-refractivity contribution < 1.29 is 0 Å². The first-order valence-corrected chi connectivity index (χ1v) is 6.87. The van der Waals surface area contributed by atoms with Gasteiger partial charge in [0.05, 0.1) is 11.6 Å². The SMILES string of the molecule is CC(C)=C/C(C)=C(/C=N)c1ccc(C#N)c2ccccc12. The number of rotatable bonds is 3. The molecule has 0 radical (unpaired) electrons. The summed E-state index contributed by atoms with van der Waals surface area (Å²) in [5, 5.41) is 18.9. The Morgan fingerprint density at radius 3 is 2.29 bits per heavy atom. The zero-order valence-electron chi connectivity index (χ0n) is 12.6. The van der Waals surface area contributed by atoms with Crippen LogP contribution in [0, 0.1) is 16.7 Å². The summed E-state index contributed by atoms with van der Waals surface area (Å²) in [6, 6.07) is 13.9. The first kappa shape index (κ1) is 14.7. The van der Waals surface area contributed by atoms with E-state index in [0.717, 1.165) is 27.5 Å². The van der Waals surface area contributed by atoms with E-state index in [1.807, 2.05) is 57.2 Å². The van der Waals surface area contributed by atoms with Crippen LogP contribution in [0.4, 0.5) is 0 Å². The Hall–Kier alpha value is -2.66. The summed E-state index contributed by atoms with van der Waals surface area (Å²) in [7, 11) is 0. The van der Waals surface area contributed by atoms with Gasteiger partial charge in [0.2, 0.25) is 0 Å². The van der Waals surface area contributed by atoms with Crippen molar-refractivity contribution in [3.8, 4) is 6.07 Å². The monoisotopic (exact) mass is 274 g/mol. The third kappa shape index (κ3) is 2.93. The van der Waals surface area contributed by atoms with E-state index in [-0.39, 0.29) is 0 Å². The van der Waals surface area contributed by atoms with Crippen molar-refractivity contribution in [2.45, 2.75) is 20.8 Å². The zero-order chi connectivity index (χ0) is 15.4. The molecule has 2 rings (SSSR count). The fourth-order valence-electron chi connectivity index (χ4n) is 2.55. The molecule has 0 aliphatic carbocycles. The van der Waals surface area contributed by atoms with Crippen LogP contribution in [-0.2, 0) is 0 Å². The maximum Gasteiger partial charge on any atom is 0.0998 e. The third-order valence-electron chi connectivity index (χ3n) is 3.41. The molecule has 0 spiro atoms. The molecule has 0 bridgehead atoms. The van der Waals surface area contributed by atoms with Crippen molar-refractivity contribution in [1.82, 2.24) is 0 Å². The van der Waals surface area contributed by atoms with Crippen molar-refractivity contribution in [3.63, 3.8) is 0 Å². The molecule has 0 unspecified atom stereocenters. The molecule has 0 heterocycles. The predicted octanol–water partition coefficient (Wildman–Crippen LogP) is 5.10. The number of nitrogens with zero attached hydrogens (tertiary/aromatic N) is 1. The number of nitriles is 1. The standard InChI is InChI=1S/C19H18N2/c1-13(2)10-14(3)19(12-21)18-9-8-15(11-20)16-6-4-5-7-17(16)18/h4-10,12,21H,1-3H3/b19-14-,21-12?. The van der Waals surface area contributed by atoms with Gasteiger partial charge >= 0.3 is 0 Å². The molecule has 0 amide bonds. The van der Waals surface area contributed by atoms with E-state index in [1.165, 1.54) is 11.8 Å². The van der Waals surface area contributed by atoms with Crippen LogP contribution < -0.4 is 0 Å². The van der Waals surface area contributed by atoms with Crippen LogP contribution in [0.3, 0.4) is 0 Å². The molecule has 2 aromatic carbocycles. The summed E-state index contributed by atoms with van der Waals surface area (Å²) >= 11 is 0. The van der Waals surface area contributed by atoms with Gasteiger partial charge in [-0.15, -0.1) is 0 Å². The lowest BCUT2D eigenvalue weighted by atomic mass is 9.93. The molecular formula is C19H18N2. The highest BCUT2D eigenvalue weighted by molar-refractivity contribution is 6.15. The predicted molar refractivity (Wildman–Crippen MR) is 89.5 cm³/mol. The van der Waals surface area contributed by atoms with Crippen molar-refractivity contribution in [2.75, 3.05) is 0 Å². The van der Waals surface area contributed by atoms with E-state index in [4.69, 9.17) is 5.41 Å². The van der Waals surface area contributed by atoms with Crippen LogP contribution in [0.2, 0.25) is 0 Å². The lowest BCUT2D eigenvalue weighted by molar-refractivity contribution is 1.35. The second-order valence-corrected chi connectivity index (χ2v) is 5.28. The minimum atomic E-state index is 0.665. The van der Waals surface area contributed by atoms with E-state index in [2.05, 4.69) is 12.1 Å². The molecule has 0 aromatic heterocycles. The van der Waals surface area contributed by atoms with E-state index >= 15 is 0 Å². The Bertz CT molecular complexity index is 798. The van der Waals surface area contributed by atoms with Crippen LogP contribution in [0.15, 0.2) is 53.6 Å². The molecule has 2 heteroatoms. The summed E-state index contributed by atoms with van der Waals surface area (Å²) in [5.41, 5.74) is 4.80. The number of fused-ring (bicyclic) bond motifs is 1. The second kappa shape index (κ2) is 6.19. The topological polar surface area (TPSA) is 47.6 Å². The van der Waals surface area contributed by atoms with Crippen LogP contribution >= 0.6 is 0 Å². The Labute approximate surface area is 125 Å². The molecule has 0 aliphatic heterocycles. The first-order chi connectivity index (χ1) is 10.1. The highest BCUT2D eigenvalue weighted by Crippen LogP contribution is 2.29. The average Bonchev–Trinajstić information content (AvgIpc) is 2.47. The molecule has 0 aliphatic rings. The van der Waals surface area contributed by atoms with Gasteiger partial charge in [-0.2, -0.15) is 5.26 Å². The van der Waals surface area contributed by atoms with Gasteiger partial charge in [0.1, 0.15) is 0 Å². The fourth-order valence-corrected chi connectivity index (χ4v) is 2.55. The Morgan fingerprint density at radius 2 is 1.71 bits per heavy atom. The maximum absolute atomic E-state index is 9.23. The van der Waals surface area contributed by atoms with Crippen molar-refractivity contribution in [2.24, 2.45) is 0 Å². The summed E-state index contributed by atoms with van der Waals surface area (Å²) in [6.07, 6.45) is 3.47. The Kier molecular flexibility index (Phi) is 4.35. The average molecular weight is 274 g/mol. The lowest BCUT2D eigenvalue weighted by Crippen LogP contribution is -1.93. The zero-order valence-corrected chi connectivity index (χ0v) is 12.6. The number of benzene rings is 2. The minimum Gasteiger partial charge on any atom is -0.308 e. The molecule has 0 fully saturated rings. The maximum atomic E-state index is 9.23. The van der Waals surface area contributed by atoms with E-state index < -0.39 is 0 Å². The van der Waals surface area contributed by atoms with Crippen molar-refractivity contribution in [3.05, 3.63) is 64.7 Å². The van der Waals surface area contributed by atoms with Gasteiger partial charge in [-0.05, 0) is 43.4 Å². The molecule has 21 heavy (non-hydrogen) atoms. The molecule has 0 saturated heterocycles. The summed E-state index contributed by atoms with van der Waals surface area (Å²) in [6.45, 7) is 6.10. The van der Waals surface area contributed by atoms with Gasteiger partial charge in [0.15, 0.2) is 0 Å². The van der Waals surface area contributed by atoms with Crippen LogP contribution in [0.1, 0.15) is 31.9 Å². The summed E-state index contributed by atoms with van der Waals surface area (Å²) in [5.74, 6) is 0. The van der Waals surface area contributed by atoms with Crippen molar-refractivity contribution >= 4 is 22.6 Å². The van der Waals surface area contributed by atoms with Crippen LogP contribution in [-0.4, -0.2) is 6.21 Å². The number of allylic oxidation sites excluding steroid dienone is 4. The van der Waals surface area contributed by atoms with Gasteiger partial charge in [-0.3, -0.25) is 0 Å². The minimum absolute atomic E-state index is 0.665. The summed E-state index contributed by atoms with van der Waals surface area (Å²) < 4.78 is 0. The number of hydrogen-bond donors (Lipinski definition) is 1. The van der Waals surface area contributed by atoms with E-state index in [9.17, 15) is 5.26 Å². The lowest BCUT2D eigenvalue weighted by Gasteiger charge is -2.11. The first-order valence-electron chi connectivity index (χ1n) is 6.87. The molecule has 2 aromatic rings. The summed E-state index contributed by atoms with van der Waals surface area (Å²) in [4.78, 5) is 0. The molecule has 104 valence electrons. The molecular weight excluding hydrogens is 256 g/mol. The molecule has 0 atom stereocenters. The highest BCUT2D eigenvalue weighted by Gasteiger charge is 2.09. The second-order valence-electron chi connectivity index (χ2n) is 5.28. The Morgan fingerprint density at radius 1 is 1.05 bits per heavy atom. The number of hydrogen-bond acceptors (Lipinski definition) is 2. The smallest absolute Gasteiger partial charge is 0.0998 e. The largest absolute Gasteiger partial charge is 0.308 e. The van der Waals surface area contributed by atoms with Crippen LogP contribution in [0.5, 0.6) is 0 Å². The van der Waals surface area contributed by atoms with Gasteiger partial charge in [0, 0.05) is 17.2 Å². The van der Waals surface area contributed by atoms with Gasteiger partial charge in [-0.25, -0.2) is 0 Å². The number of nitrogens with one attached hydrogen (secondary N) is 1. The highest BCUT2D eigenvalue weighted by atomic mass is 14.3. The quantitative estimate of drug-likeness (QED) is 0.614. The van der Waals surface area contributed by atoms with Gasteiger partial charge < -0.3 is 5.41 Å². The van der Waals surface area contributed by atoms with E-state index in [0.29, 0.717) is 5.56 Å². The molecule has 2 nitrogen and oxygen atoms in total. The van der Waals surface area contributed by atoms with Crippen LogP contribution in [0.25, 0.3) is 16.3 Å². The Balaban J connectivity index is 2.81. The normalized spacial score (nSPS) is 11.5. The van der Waals surface area contributed by atoms with Gasteiger partial charge in [0.25, 0.3) is 0 Å². The van der Waals surface area contributed by atoms with Gasteiger partial charge in [-0.1, -0.05) is 42.0 Å². The fraction of sp³-hybridized carbons (Fsp3) is 0.158. The molecule has 0 saturated carbocycles. The van der Waals surface area contributed by atoms with Crippen molar-refractivity contribution in [1.29, 1.82) is 10.7 Å². The molecule has 1 N–H and O–H groups in total. The third-order valence-corrected chi connectivity index (χ3v) is 3.41.